The molecule has 1 saturated heterocycles. The number of hydrogen-bond donors (Lipinski definition) is 0. The Bertz CT molecular complexity index is 449. The van der Waals surface area contributed by atoms with Gasteiger partial charge in [-0.3, -0.25) is 0 Å². The van der Waals surface area contributed by atoms with Gasteiger partial charge in [-0.15, -0.1) is 0 Å². The van der Waals surface area contributed by atoms with Crippen molar-refractivity contribution in [3.63, 3.8) is 0 Å². The number of likely N-dealkylation sites (tertiary alicyclic amines) is 1. The van der Waals surface area contributed by atoms with Gasteiger partial charge in [0.25, 0.3) is 0 Å². The van der Waals surface area contributed by atoms with Crippen molar-refractivity contribution in [2.45, 2.75) is 13.0 Å². The fraction of sp³-hybridized carbons (Fsp3) is 0.308. The van der Waals surface area contributed by atoms with Gasteiger partial charge in [0.2, 0.25) is 0 Å². The molecule has 0 N–H and O–H groups in total. The molecule has 4 nitrogen and oxygen atoms in total. The van der Waals surface area contributed by atoms with Gasteiger partial charge < -0.3 is 9.64 Å². The second-order valence-electron chi connectivity index (χ2n) is 3.92. The first-order valence-corrected chi connectivity index (χ1v) is 5.48. The van der Waals surface area contributed by atoms with E-state index in [4.69, 9.17) is 4.74 Å². The summed E-state index contributed by atoms with van der Waals surface area (Å²) in [6.45, 7) is 1.14. The number of ether oxygens (including phenoxy) is 1. The predicted molar refractivity (Wildman–Crippen MR) is 62.0 cm³/mol. The van der Waals surface area contributed by atoms with Crippen LogP contribution in [-0.4, -0.2) is 30.0 Å². The lowest BCUT2D eigenvalue weighted by atomic mass is 10.2. The van der Waals surface area contributed by atoms with Gasteiger partial charge in [0, 0.05) is 12.1 Å². The van der Waals surface area contributed by atoms with Gasteiger partial charge in [-0.25, -0.2) is 9.59 Å². The summed E-state index contributed by atoms with van der Waals surface area (Å²) in [5.74, 6) is 1.84. The van der Waals surface area contributed by atoms with E-state index in [0.717, 1.165) is 5.56 Å². The van der Waals surface area contributed by atoms with Gasteiger partial charge in [-0.2, -0.15) is 0 Å². The minimum absolute atomic E-state index is 0.260. The Balaban J connectivity index is 1.84. The van der Waals surface area contributed by atoms with E-state index in [1.165, 1.54) is 4.90 Å². The van der Waals surface area contributed by atoms with E-state index >= 15 is 0 Å². The molecule has 1 aliphatic heterocycles. The van der Waals surface area contributed by atoms with Crippen LogP contribution in [0.5, 0.6) is 0 Å². The zero-order chi connectivity index (χ0) is 12.1. The molecule has 88 valence electrons. The van der Waals surface area contributed by atoms with E-state index in [9.17, 15) is 9.59 Å². The summed E-state index contributed by atoms with van der Waals surface area (Å²) in [4.78, 5) is 23.6. The molecule has 1 aliphatic rings. The summed E-state index contributed by atoms with van der Waals surface area (Å²) < 4.78 is 5.15. The highest BCUT2D eigenvalue weighted by Gasteiger charge is 2.23. The molecule has 1 fully saturated rings. The molecule has 0 spiro atoms. The monoisotopic (exact) mass is 231 g/mol. The maximum absolute atomic E-state index is 11.6. The first kappa shape index (κ1) is 11.4. The average molecular weight is 231 g/mol. The van der Waals surface area contributed by atoms with Crippen LogP contribution in [0, 0.1) is 0 Å². The zero-order valence-electron chi connectivity index (χ0n) is 9.39. The van der Waals surface area contributed by atoms with Crippen molar-refractivity contribution < 1.29 is 14.3 Å². The van der Waals surface area contributed by atoms with Gasteiger partial charge in [-0.05, 0) is 12.0 Å². The molecule has 0 aliphatic carbocycles. The van der Waals surface area contributed by atoms with Crippen molar-refractivity contribution in [3.8, 4) is 0 Å². The standard InChI is InChI=1S/C13H13NO3/c15-9-12-6-7-14(8-12)13(16)17-10-11-4-2-1-3-5-11/h1-5H,6-8,10H2. The molecule has 4 heteroatoms. The van der Waals surface area contributed by atoms with Crippen LogP contribution in [0.25, 0.3) is 0 Å². The summed E-state index contributed by atoms with van der Waals surface area (Å²) in [6.07, 6.45) is 0.225. The molecule has 2 rings (SSSR count). The van der Waals surface area contributed by atoms with Gasteiger partial charge in [0.15, 0.2) is 0 Å². The SMILES string of the molecule is O=C=C1CCN(C(=O)OCc2ccccc2)C1. The van der Waals surface area contributed by atoms with E-state index in [-0.39, 0.29) is 12.7 Å². The molecule has 0 radical (unpaired) electrons. The topological polar surface area (TPSA) is 46.6 Å². The minimum Gasteiger partial charge on any atom is -0.445 e. The molecule has 0 bridgehead atoms. The lowest BCUT2D eigenvalue weighted by Crippen LogP contribution is -2.28. The molecular weight excluding hydrogens is 218 g/mol. The van der Waals surface area contributed by atoms with Crippen LogP contribution in [0.3, 0.4) is 0 Å². The van der Waals surface area contributed by atoms with Gasteiger partial charge in [0.1, 0.15) is 12.5 Å². The fourth-order valence-electron chi connectivity index (χ4n) is 1.71. The molecule has 0 aromatic heterocycles. The van der Waals surface area contributed by atoms with Crippen molar-refractivity contribution in [3.05, 3.63) is 41.5 Å². The highest BCUT2D eigenvalue weighted by molar-refractivity contribution is 5.70. The lowest BCUT2D eigenvalue weighted by Gasteiger charge is -2.14. The Labute approximate surface area is 99.5 Å². The fourth-order valence-corrected chi connectivity index (χ4v) is 1.71. The third-order valence-corrected chi connectivity index (χ3v) is 2.67. The average Bonchev–Trinajstić information content (AvgIpc) is 2.86. The smallest absolute Gasteiger partial charge is 0.410 e. The summed E-state index contributed by atoms with van der Waals surface area (Å²) in [5, 5.41) is 0. The number of hydrogen-bond acceptors (Lipinski definition) is 3. The predicted octanol–water partition coefficient (Wildman–Crippen LogP) is 1.79. The normalized spacial score (nSPS) is 14.6. The second kappa shape index (κ2) is 5.32. The van der Waals surface area contributed by atoms with Gasteiger partial charge >= 0.3 is 6.09 Å². The maximum Gasteiger partial charge on any atom is 0.410 e. The second-order valence-corrected chi connectivity index (χ2v) is 3.92. The number of carbonyl (C=O) groups is 1. The first-order valence-electron chi connectivity index (χ1n) is 5.48. The minimum atomic E-state index is -0.376. The number of nitrogens with zero attached hydrogens (tertiary/aromatic N) is 1. The third-order valence-electron chi connectivity index (χ3n) is 2.67. The molecular formula is C13H13NO3. The zero-order valence-corrected chi connectivity index (χ0v) is 9.39. The largest absolute Gasteiger partial charge is 0.445 e. The van der Waals surface area contributed by atoms with Crippen LogP contribution in [0.1, 0.15) is 12.0 Å². The van der Waals surface area contributed by atoms with Crippen LogP contribution in [0.2, 0.25) is 0 Å². The number of benzene rings is 1. The molecule has 1 heterocycles. The molecule has 17 heavy (non-hydrogen) atoms. The van der Waals surface area contributed by atoms with Crippen LogP contribution in [-0.2, 0) is 16.1 Å². The van der Waals surface area contributed by atoms with E-state index < -0.39 is 0 Å². The summed E-state index contributed by atoms with van der Waals surface area (Å²) in [7, 11) is 0. The van der Waals surface area contributed by atoms with E-state index in [1.807, 2.05) is 36.3 Å². The van der Waals surface area contributed by atoms with Crippen molar-refractivity contribution in [1.82, 2.24) is 4.90 Å². The lowest BCUT2D eigenvalue weighted by molar-refractivity contribution is 0.105. The van der Waals surface area contributed by atoms with Crippen LogP contribution in [0.15, 0.2) is 35.9 Å². The maximum atomic E-state index is 11.6. The van der Waals surface area contributed by atoms with E-state index in [1.54, 1.807) is 0 Å². The Morgan fingerprint density at radius 3 is 2.76 bits per heavy atom. The molecule has 1 aromatic carbocycles. The molecule has 0 atom stereocenters. The Morgan fingerprint density at radius 2 is 2.12 bits per heavy atom. The number of amides is 1. The summed E-state index contributed by atoms with van der Waals surface area (Å²) in [6, 6.07) is 9.49. The summed E-state index contributed by atoms with van der Waals surface area (Å²) >= 11 is 0. The Kier molecular flexibility index (Phi) is 3.58. The molecule has 1 aromatic rings. The highest BCUT2D eigenvalue weighted by Crippen LogP contribution is 2.13. The van der Waals surface area contributed by atoms with Crippen molar-refractivity contribution in [1.29, 1.82) is 0 Å². The molecule has 0 saturated carbocycles. The number of rotatable bonds is 2. The number of carbonyl (C=O) groups excluding carboxylic acids is 2. The van der Waals surface area contributed by atoms with E-state index in [0.29, 0.717) is 25.1 Å². The Hall–Kier alpha value is -2.06. The molecule has 0 unspecified atom stereocenters. The van der Waals surface area contributed by atoms with Gasteiger partial charge in [-0.1, -0.05) is 30.3 Å². The first-order chi connectivity index (χ1) is 8.29. The van der Waals surface area contributed by atoms with Crippen LogP contribution < -0.4 is 0 Å². The molecule has 1 amide bonds. The van der Waals surface area contributed by atoms with Crippen molar-refractivity contribution in [2.75, 3.05) is 13.1 Å². The summed E-state index contributed by atoms with van der Waals surface area (Å²) in [5.41, 5.74) is 1.58. The van der Waals surface area contributed by atoms with Crippen LogP contribution >= 0.6 is 0 Å². The van der Waals surface area contributed by atoms with Crippen molar-refractivity contribution in [2.24, 2.45) is 0 Å². The van der Waals surface area contributed by atoms with Gasteiger partial charge in [0.05, 0.1) is 6.54 Å². The van der Waals surface area contributed by atoms with Crippen molar-refractivity contribution >= 4 is 12.0 Å². The van der Waals surface area contributed by atoms with Crippen LogP contribution in [0.4, 0.5) is 4.79 Å². The quantitative estimate of drug-likeness (QED) is 0.729. The highest BCUT2D eigenvalue weighted by atomic mass is 16.6. The Morgan fingerprint density at radius 1 is 1.35 bits per heavy atom. The van der Waals surface area contributed by atoms with E-state index in [2.05, 4.69) is 0 Å². The third kappa shape index (κ3) is 2.95.